The molecule has 32 heavy (non-hydrogen) atoms. The van der Waals surface area contributed by atoms with Crippen molar-refractivity contribution in [1.29, 1.82) is 0 Å². The van der Waals surface area contributed by atoms with Crippen molar-refractivity contribution in [1.82, 2.24) is 4.98 Å². The Bertz CT molecular complexity index is 1470. The zero-order chi connectivity index (χ0) is 21.7. The first-order valence-corrected chi connectivity index (χ1v) is 12.0. The van der Waals surface area contributed by atoms with E-state index in [-0.39, 0.29) is 0 Å². The molecule has 3 aliphatic rings. The Kier molecular flexibility index (Phi) is 3.67. The van der Waals surface area contributed by atoms with Crippen LogP contribution in [0.1, 0.15) is 53.9 Å². The van der Waals surface area contributed by atoms with E-state index in [0.29, 0.717) is 5.92 Å². The van der Waals surface area contributed by atoms with Crippen LogP contribution in [-0.4, -0.2) is 4.98 Å². The molecule has 3 aromatic carbocycles. The molecule has 0 saturated heterocycles. The summed E-state index contributed by atoms with van der Waals surface area (Å²) < 4.78 is 8.89. The molecule has 2 heterocycles. The molecule has 4 aromatic rings. The van der Waals surface area contributed by atoms with Gasteiger partial charge in [0.15, 0.2) is 0 Å². The van der Waals surface area contributed by atoms with Gasteiger partial charge in [0.25, 0.3) is 11.6 Å². The molecule has 160 valence electrons. The average Bonchev–Trinajstić information content (AvgIpc) is 3.40. The average molecular weight is 422 g/mol. The highest BCUT2D eigenvalue weighted by atomic mass is 16.5. The molecular formula is C29H29N2O+. The number of hydrogen-bond acceptors (Lipinski definition) is 2. The number of aryl methyl sites for hydroxylation is 3. The first-order chi connectivity index (χ1) is 15.5. The van der Waals surface area contributed by atoms with Crippen molar-refractivity contribution >= 4 is 21.8 Å². The highest BCUT2D eigenvalue weighted by Gasteiger charge is 2.42. The van der Waals surface area contributed by atoms with Gasteiger partial charge in [0.1, 0.15) is 18.3 Å². The predicted molar refractivity (Wildman–Crippen MR) is 128 cm³/mol. The van der Waals surface area contributed by atoms with Crippen molar-refractivity contribution < 1.29 is 9.30 Å². The fraction of sp³-hybridized carbons (Fsp3) is 0.379. The molecule has 0 amide bonds. The fourth-order valence-corrected chi connectivity index (χ4v) is 7.00. The van der Waals surface area contributed by atoms with Gasteiger partial charge >= 0.3 is 0 Å². The van der Waals surface area contributed by atoms with Crippen molar-refractivity contribution in [2.75, 3.05) is 0 Å². The first-order valence-electron chi connectivity index (χ1n) is 12.0. The van der Waals surface area contributed by atoms with E-state index >= 15 is 0 Å². The van der Waals surface area contributed by atoms with Gasteiger partial charge in [-0.05, 0) is 91.5 Å². The highest BCUT2D eigenvalue weighted by molar-refractivity contribution is 6.05. The Morgan fingerprint density at radius 1 is 1.03 bits per heavy atom. The Hall–Kier alpha value is -2.94. The second kappa shape index (κ2) is 6.31. The fourth-order valence-electron chi connectivity index (χ4n) is 7.00. The molecule has 0 radical (unpaired) electrons. The highest BCUT2D eigenvalue weighted by Crippen LogP contribution is 2.54. The normalized spacial score (nSPS) is 23.1. The minimum Gasteiger partial charge on any atom is -0.433 e. The molecule has 0 N–H and O–H groups in total. The number of rotatable bonds is 1. The van der Waals surface area contributed by atoms with E-state index in [0.717, 1.165) is 34.7 Å². The summed E-state index contributed by atoms with van der Waals surface area (Å²) in [6, 6.07) is 13.5. The third-order valence-corrected chi connectivity index (χ3v) is 8.61. The number of benzene rings is 3. The van der Waals surface area contributed by atoms with Crippen molar-refractivity contribution in [3.05, 3.63) is 58.7 Å². The zero-order valence-electron chi connectivity index (χ0n) is 19.3. The van der Waals surface area contributed by atoms with Crippen LogP contribution >= 0.6 is 0 Å². The molecule has 3 atom stereocenters. The monoisotopic (exact) mass is 421 g/mol. The molecule has 2 fully saturated rings. The molecule has 3 heteroatoms. The number of aromatic nitrogens is 2. The molecule has 2 saturated carbocycles. The van der Waals surface area contributed by atoms with Crippen LogP contribution < -0.4 is 9.30 Å². The number of para-hydroxylation sites is 1. The number of fused-ring (bicyclic) bond motifs is 5. The molecule has 3 nitrogen and oxygen atoms in total. The molecule has 2 aliphatic carbocycles. The Morgan fingerprint density at radius 2 is 1.91 bits per heavy atom. The third kappa shape index (κ3) is 2.37. The lowest BCUT2D eigenvalue weighted by Gasteiger charge is -2.24. The van der Waals surface area contributed by atoms with Crippen LogP contribution in [0.25, 0.3) is 33.1 Å². The van der Waals surface area contributed by atoms with Gasteiger partial charge < -0.3 is 4.74 Å². The number of ether oxygens (including phenoxy) is 1. The van der Waals surface area contributed by atoms with Crippen LogP contribution in [0.5, 0.6) is 11.6 Å². The second-order valence-electron chi connectivity index (χ2n) is 10.5. The molecule has 7 rings (SSSR count). The molecule has 3 unspecified atom stereocenters. The smallest absolute Gasteiger partial charge is 0.294 e. The second-order valence-corrected chi connectivity index (χ2v) is 10.5. The van der Waals surface area contributed by atoms with Gasteiger partial charge in [-0.2, -0.15) is 4.57 Å². The number of nitrogens with zero attached hydrogens (tertiary/aromatic N) is 2. The van der Waals surface area contributed by atoms with E-state index in [1.807, 2.05) is 0 Å². The van der Waals surface area contributed by atoms with Crippen molar-refractivity contribution in [3.8, 4) is 22.9 Å². The van der Waals surface area contributed by atoms with Crippen LogP contribution in [0.15, 0.2) is 36.4 Å². The summed E-state index contributed by atoms with van der Waals surface area (Å²) in [5.74, 6) is 4.09. The SMILES string of the molecule is Cc1cc2c3c(c(C)c(C)cc3c1)-c1c(nc3c(C4CC5CCC4C5)cccc3[n+]1C)O2. The summed E-state index contributed by atoms with van der Waals surface area (Å²) in [5.41, 5.74) is 9.99. The van der Waals surface area contributed by atoms with Gasteiger partial charge in [0.05, 0.1) is 5.56 Å². The van der Waals surface area contributed by atoms with Gasteiger partial charge in [-0.25, -0.2) is 4.98 Å². The van der Waals surface area contributed by atoms with Gasteiger partial charge in [0, 0.05) is 11.5 Å². The van der Waals surface area contributed by atoms with E-state index in [4.69, 9.17) is 9.72 Å². The standard InChI is InChI=1S/C29H29N2O/c1-15-10-20-12-16(2)17(3)25-26(20)24(11-15)32-29-28(25)31(4)23-7-5-6-21(27(23)30-29)22-14-18-8-9-19(22)13-18/h5-7,10-12,18-19,22H,8-9,13-14H2,1-4H3/q+1. The van der Waals surface area contributed by atoms with Gasteiger partial charge in [0.2, 0.25) is 5.52 Å². The summed E-state index contributed by atoms with van der Waals surface area (Å²) >= 11 is 0. The van der Waals surface area contributed by atoms with Gasteiger partial charge in [-0.15, -0.1) is 0 Å². The molecular weight excluding hydrogens is 392 g/mol. The van der Waals surface area contributed by atoms with E-state index in [9.17, 15) is 0 Å². The lowest BCUT2D eigenvalue weighted by atomic mass is 9.83. The molecule has 1 aromatic heterocycles. The van der Waals surface area contributed by atoms with E-state index in [1.165, 1.54) is 69.8 Å². The summed E-state index contributed by atoms with van der Waals surface area (Å²) in [5, 5.41) is 2.46. The van der Waals surface area contributed by atoms with Crippen molar-refractivity contribution in [2.24, 2.45) is 18.9 Å². The Morgan fingerprint density at radius 3 is 2.69 bits per heavy atom. The quantitative estimate of drug-likeness (QED) is 0.278. The first kappa shape index (κ1) is 18.6. The zero-order valence-corrected chi connectivity index (χ0v) is 19.3. The summed E-state index contributed by atoms with van der Waals surface area (Å²) in [4.78, 5) is 5.25. The molecule has 2 bridgehead atoms. The van der Waals surface area contributed by atoms with Gasteiger partial charge in [-0.1, -0.05) is 30.7 Å². The third-order valence-electron chi connectivity index (χ3n) is 8.61. The van der Waals surface area contributed by atoms with E-state index in [2.05, 4.69) is 68.8 Å². The van der Waals surface area contributed by atoms with Crippen LogP contribution in [-0.2, 0) is 7.05 Å². The Balaban J connectivity index is 1.54. The van der Waals surface area contributed by atoms with E-state index < -0.39 is 0 Å². The Labute approximate surface area is 189 Å². The molecule has 0 spiro atoms. The van der Waals surface area contributed by atoms with Gasteiger partial charge in [-0.3, -0.25) is 0 Å². The van der Waals surface area contributed by atoms with Crippen LogP contribution in [0.4, 0.5) is 0 Å². The van der Waals surface area contributed by atoms with Crippen molar-refractivity contribution in [3.63, 3.8) is 0 Å². The lowest BCUT2D eigenvalue weighted by molar-refractivity contribution is -0.634. The van der Waals surface area contributed by atoms with Crippen LogP contribution in [0.2, 0.25) is 0 Å². The minimum atomic E-state index is 0.647. The molecule has 1 aliphatic heterocycles. The predicted octanol–water partition coefficient (Wildman–Crippen LogP) is 6.81. The summed E-state index contributed by atoms with van der Waals surface area (Å²) in [7, 11) is 2.18. The summed E-state index contributed by atoms with van der Waals surface area (Å²) in [6.45, 7) is 6.59. The van der Waals surface area contributed by atoms with Crippen LogP contribution in [0.3, 0.4) is 0 Å². The minimum absolute atomic E-state index is 0.647. The maximum absolute atomic E-state index is 6.56. The maximum atomic E-state index is 6.56. The topological polar surface area (TPSA) is 26.0 Å². The maximum Gasteiger partial charge on any atom is 0.294 e. The van der Waals surface area contributed by atoms with Crippen LogP contribution in [0, 0.1) is 32.6 Å². The summed E-state index contributed by atoms with van der Waals surface area (Å²) in [6.07, 6.45) is 5.53. The van der Waals surface area contributed by atoms with Crippen molar-refractivity contribution in [2.45, 2.75) is 52.4 Å². The lowest BCUT2D eigenvalue weighted by Crippen LogP contribution is -2.34. The van der Waals surface area contributed by atoms with E-state index in [1.54, 1.807) is 0 Å². The number of hydrogen-bond donors (Lipinski definition) is 0. The largest absolute Gasteiger partial charge is 0.433 e.